The third-order valence-corrected chi connectivity index (χ3v) is 3.94. The molecule has 3 aromatic rings. The van der Waals surface area contributed by atoms with Crippen molar-refractivity contribution in [3.8, 4) is 6.07 Å². The second-order valence-corrected chi connectivity index (χ2v) is 5.35. The van der Waals surface area contributed by atoms with Gasteiger partial charge in [-0.3, -0.25) is 0 Å². The van der Waals surface area contributed by atoms with E-state index < -0.39 is 0 Å². The first-order valence-corrected chi connectivity index (χ1v) is 7.31. The van der Waals surface area contributed by atoms with Gasteiger partial charge in [0.1, 0.15) is 0 Å². The van der Waals surface area contributed by atoms with Crippen molar-refractivity contribution in [2.75, 3.05) is 0 Å². The number of nitrogens with zero attached hydrogens (tertiary/aromatic N) is 2. The Morgan fingerprint density at radius 2 is 1.68 bits per heavy atom. The van der Waals surface area contributed by atoms with Gasteiger partial charge in [-0.2, -0.15) is 9.99 Å². The number of rotatable bonds is 4. The lowest BCUT2D eigenvalue weighted by Gasteiger charge is -2.14. The molecule has 3 rings (SSSR count). The standard InChI is InChI=1S/C19H16N2O/c20-13-12-17(15-6-2-1-3-7-15)14-18-11-10-16-8-4-5-9-19(16)21(18)22/h1-11,17H,12,14H2. The van der Waals surface area contributed by atoms with E-state index in [0.29, 0.717) is 24.1 Å². The van der Waals surface area contributed by atoms with Gasteiger partial charge in [-0.1, -0.05) is 42.5 Å². The number of pyridine rings is 1. The summed E-state index contributed by atoms with van der Waals surface area (Å²) >= 11 is 0. The zero-order chi connectivity index (χ0) is 15.4. The predicted molar refractivity (Wildman–Crippen MR) is 86.0 cm³/mol. The number of para-hydroxylation sites is 1. The topological polar surface area (TPSA) is 50.7 Å². The average molecular weight is 288 g/mol. The number of nitriles is 1. The van der Waals surface area contributed by atoms with E-state index >= 15 is 0 Å². The van der Waals surface area contributed by atoms with Crippen molar-refractivity contribution in [3.05, 3.63) is 83.2 Å². The summed E-state index contributed by atoms with van der Waals surface area (Å²) in [6, 6.07) is 23.5. The molecule has 3 heteroatoms. The van der Waals surface area contributed by atoms with E-state index in [2.05, 4.69) is 6.07 Å². The zero-order valence-corrected chi connectivity index (χ0v) is 12.1. The Hall–Kier alpha value is -2.86. The van der Waals surface area contributed by atoms with Crippen LogP contribution >= 0.6 is 0 Å². The number of hydrogen-bond donors (Lipinski definition) is 0. The van der Waals surface area contributed by atoms with Crippen molar-refractivity contribution in [1.29, 1.82) is 5.26 Å². The maximum atomic E-state index is 12.5. The first kappa shape index (κ1) is 14.1. The molecule has 0 saturated heterocycles. The van der Waals surface area contributed by atoms with Gasteiger partial charge >= 0.3 is 0 Å². The lowest BCUT2D eigenvalue weighted by molar-refractivity contribution is -0.586. The Balaban J connectivity index is 1.97. The van der Waals surface area contributed by atoms with E-state index in [9.17, 15) is 5.21 Å². The summed E-state index contributed by atoms with van der Waals surface area (Å²) in [4.78, 5) is 0. The van der Waals surface area contributed by atoms with Gasteiger partial charge in [0, 0.05) is 36.3 Å². The minimum atomic E-state index is 0.0348. The van der Waals surface area contributed by atoms with Gasteiger partial charge in [0.05, 0.1) is 6.07 Å². The molecular weight excluding hydrogens is 272 g/mol. The lowest BCUT2D eigenvalue weighted by atomic mass is 9.91. The van der Waals surface area contributed by atoms with Crippen molar-refractivity contribution < 1.29 is 4.73 Å². The van der Waals surface area contributed by atoms with Crippen LogP contribution in [0.15, 0.2) is 66.7 Å². The summed E-state index contributed by atoms with van der Waals surface area (Å²) in [6.07, 6.45) is 0.961. The van der Waals surface area contributed by atoms with Crippen LogP contribution in [-0.4, -0.2) is 0 Å². The van der Waals surface area contributed by atoms with E-state index in [1.807, 2.05) is 66.7 Å². The quantitative estimate of drug-likeness (QED) is 0.543. The van der Waals surface area contributed by atoms with E-state index in [0.717, 1.165) is 15.7 Å². The summed E-state index contributed by atoms with van der Waals surface area (Å²) in [5, 5.41) is 22.5. The maximum Gasteiger partial charge on any atom is 0.223 e. The normalized spacial score (nSPS) is 12.0. The minimum Gasteiger partial charge on any atom is -0.618 e. The fourth-order valence-electron chi connectivity index (χ4n) is 2.77. The van der Waals surface area contributed by atoms with E-state index in [1.54, 1.807) is 0 Å². The third-order valence-electron chi connectivity index (χ3n) is 3.94. The Labute approximate surface area is 129 Å². The summed E-state index contributed by atoms with van der Waals surface area (Å²) in [7, 11) is 0. The van der Waals surface area contributed by atoms with Gasteiger partial charge in [-0.25, -0.2) is 0 Å². The molecule has 1 atom stereocenters. The monoisotopic (exact) mass is 288 g/mol. The van der Waals surface area contributed by atoms with E-state index in [-0.39, 0.29) is 5.92 Å². The molecule has 3 nitrogen and oxygen atoms in total. The van der Waals surface area contributed by atoms with Gasteiger partial charge in [0.25, 0.3) is 0 Å². The average Bonchev–Trinajstić information content (AvgIpc) is 2.58. The Morgan fingerprint density at radius 1 is 0.955 bits per heavy atom. The van der Waals surface area contributed by atoms with Crippen molar-refractivity contribution in [3.63, 3.8) is 0 Å². The Bertz CT molecular complexity index is 822. The summed E-state index contributed by atoms with van der Waals surface area (Å²) in [6.45, 7) is 0. The van der Waals surface area contributed by atoms with Gasteiger partial charge in [-0.15, -0.1) is 0 Å². The second kappa shape index (κ2) is 6.28. The number of fused-ring (bicyclic) bond motifs is 1. The van der Waals surface area contributed by atoms with Gasteiger partial charge in [0.2, 0.25) is 5.52 Å². The number of hydrogen-bond acceptors (Lipinski definition) is 2. The highest BCUT2D eigenvalue weighted by Gasteiger charge is 2.18. The maximum absolute atomic E-state index is 12.5. The fraction of sp³-hybridized carbons (Fsp3) is 0.158. The molecule has 1 aromatic heterocycles. The first-order chi connectivity index (χ1) is 10.8. The van der Waals surface area contributed by atoms with Gasteiger partial charge in [0.15, 0.2) is 5.69 Å². The number of benzene rings is 2. The van der Waals surface area contributed by atoms with Gasteiger partial charge in [-0.05, 0) is 17.7 Å². The molecule has 0 spiro atoms. The SMILES string of the molecule is N#CCC(Cc1ccc2ccccc2[n+]1[O-])c1ccccc1. The minimum absolute atomic E-state index is 0.0348. The summed E-state index contributed by atoms with van der Waals surface area (Å²) in [5.41, 5.74) is 2.46. The van der Waals surface area contributed by atoms with Crippen molar-refractivity contribution >= 4 is 10.9 Å². The Kier molecular flexibility index (Phi) is 4.02. The molecule has 0 bridgehead atoms. The third kappa shape index (κ3) is 2.77. The first-order valence-electron chi connectivity index (χ1n) is 7.31. The molecule has 0 aliphatic rings. The largest absolute Gasteiger partial charge is 0.618 e. The van der Waals surface area contributed by atoms with Crippen LogP contribution in [0.25, 0.3) is 10.9 Å². The molecule has 108 valence electrons. The molecule has 2 aromatic carbocycles. The van der Waals surface area contributed by atoms with Crippen LogP contribution in [0.4, 0.5) is 0 Å². The van der Waals surface area contributed by atoms with Crippen LogP contribution in [0.1, 0.15) is 23.6 Å². The number of aromatic nitrogens is 1. The highest BCUT2D eigenvalue weighted by atomic mass is 16.5. The van der Waals surface area contributed by atoms with E-state index in [1.165, 1.54) is 0 Å². The van der Waals surface area contributed by atoms with Crippen molar-refractivity contribution in [2.24, 2.45) is 0 Å². The molecule has 1 heterocycles. The lowest BCUT2D eigenvalue weighted by Crippen LogP contribution is -2.33. The molecule has 0 aliphatic heterocycles. The molecule has 22 heavy (non-hydrogen) atoms. The highest BCUT2D eigenvalue weighted by molar-refractivity contribution is 5.75. The second-order valence-electron chi connectivity index (χ2n) is 5.35. The summed E-state index contributed by atoms with van der Waals surface area (Å²) in [5.74, 6) is 0.0348. The molecule has 0 aliphatic carbocycles. The molecule has 0 N–H and O–H groups in total. The smallest absolute Gasteiger partial charge is 0.223 e. The summed E-state index contributed by atoms with van der Waals surface area (Å²) < 4.78 is 0.989. The highest BCUT2D eigenvalue weighted by Crippen LogP contribution is 2.23. The zero-order valence-electron chi connectivity index (χ0n) is 12.1. The van der Waals surface area contributed by atoms with Crippen LogP contribution in [0.2, 0.25) is 0 Å². The van der Waals surface area contributed by atoms with Crippen LogP contribution in [0, 0.1) is 16.5 Å². The van der Waals surface area contributed by atoms with Crippen molar-refractivity contribution in [1.82, 2.24) is 0 Å². The van der Waals surface area contributed by atoms with Gasteiger partial charge < -0.3 is 5.21 Å². The molecular formula is C19H16N2O. The van der Waals surface area contributed by atoms with Crippen LogP contribution in [0.3, 0.4) is 0 Å². The molecule has 1 unspecified atom stereocenters. The fourth-order valence-corrected chi connectivity index (χ4v) is 2.77. The van der Waals surface area contributed by atoms with Crippen molar-refractivity contribution in [2.45, 2.75) is 18.8 Å². The van der Waals surface area contributed by atoms with E-state index in [4.69, 9.17) is 5.26 Å². The molecule has 0 fully saturated rings. The predicted octanol–water partition coefficient (Wildman–Crippen LogP) is 3.71. The molecule has 0 amide bonds. The van der Waals surface area contributed by atoms with Crippen LogP contribution in [-0.2, 0) is 6.42 Å². The Morgan fingerprint density at radius 3 is 2.45 bits per heavy atom. The van der Waals surface area contributed by atoms with Crippen LogP contribution < -0.4 is 4.73 Å². The molecule has 0 saturated carbocycles. The molecule has 0 radical (unpaired) electrons. The van der Waals surface area contributed by atoms with Crippen LogP contribution in [0.5, 0.6) is 0 Å².